The third-order valence-corrected chi connectivity index (χ3v) is 4.63. The van der Waals surface area contributed by atoms with E-state index in [0.29, 0.717) is 32.8 Å². The number of hydrogen-bond acceptors (Lipinski definition) is 5. The van der Waals surface area contributed by atoms with Gasteiger partial charge in [-0.25, -0.2) is 0 Å². The predicted molar refractivity (Wildman–Crippen MR) is 106 cm³/mol. The van der Waals surface area contributed by atoms with Crippen LogP contribution < -0.4 is 15.4 Å². The van der Waals surface area contributed by atoms with Crippen molar-refractivity contribution >= 4 is 11.8 Å². The molecule has 2 aromatic rings. The number of aromatic nitrogens is 1. The maximum Gasteiger partial charge on any atom is 0.237 e. The van der Waals surface area contributed by atoms with E-state index < -0.39 is 6.04 Å². The van der Waals surface area contributed by atoms with Crippen LogP contribution in [0.25, 0.3) is 0 Å². The summed E-state index contributed by atoms with van der Waals surface area (Å²) in [6.45, 7) is 4.83. The Hall–Kier alpha value is -2.93. The number of carbonyl (C=O) groups excluding carboxylic acids is 2. The second-order valence-corrected chi connectivity index (χ2v) is 6.66. The highest BCUT2D eigenvalue weighted by molar-refractivity contribution is 5.88. The molecule has 0 aliphatic carbocycles. The maximum absolute atomic E-state index is 12.4. The molecule has 1 saturated heterocycles. The molecule has 3 rings (SSSR count). The normalized spacial score (nSPS) is 17.0. The van der Waals surface area contributed by atoms with Crippen LogP contribution >= 0.6 is 0 Å². The zero-order chi connectivity index (χ0) is 19.8. The van der Waals surface area contributed by atoms with Crippen LogP contribution in [0.5, 0.6) is 5.75 Å². The lowest BCUT2D eigenvalue weighted by Crippen LogP contribution is -2.56. The van der Waals surface area contributed by atoms with E-state index in [4.69, 9.17) is 4.74 Å². The van der Waals surface area contributed by atoms with Gasteiger partial charge in [0.25, 0.3) is 0 Å². The van der Waals surface area contributed by atoms with Crippen LogP contribution in [0.4, 0.5) is 0 Å². The zero-order valence-corrected chi connectivity index (χ0v) is 16.1. The Morgan fingerprint density at radius 2 is 2.11 bits per heavy atom. The molecule has 1 aliphatic heterocycles. The summed E-state index contributed by atoms with van der Waals surface area (Å²) in [7, 11) is 0. The molecular formula is C21H26N4O3. The second kappa shape index (κ2) is 9.85. The lowest BCUT2D eigenvalue weighted by Gasteiger charge is -2.34. The van der Waals surface area contributed by atoms with Crippen molar-refractivity contribution < 1.29 is 14.3 Å². The lowest BCUT2D eigenvalue weighted by atomic mass is 10.1. The highest BCUT2D eigenvalue weighted by Gasteiger charge is 2.31. The van der Waals surface area contributed by atoms with E-state index >= 15 is 0 Å². The maximum atomic E-state index is 12.4. The Morgan fingerprint density at radius 3 is 2.82 bits per heavy atom. The quantitative estimate of drug-likeness (QED) is 0.723. The first-order chi connectivity index (χ1) is 13.7. The Labute approximate surface area is 165 Å². The summed E-state index contributed by atoms with van der Waals surface area (Å²) in [6, 6.07) is 12.9. The van der Waals surface area contributed by atoms with E-state index in [-0.39, 0.29) is 18.2 Å². The molecule has 2 N–H and O–H groups in total. The third kappa shape index (κ3) is 5.53. The number of nitrogens with zero attached hydrogens (tertiary/aromatic N) is 2. The summed E-state index contributed by atoms with van der Waals surface area (Å²) in [5.74, 6) is 0.558. The molecule has 148 valence electrons. The fraction of sp³-hybridized carbons (Fsp3) is 0.381. The number of hydrogen-bond donors (Lipinski definition) is 2. The lowest BCUT2D eigenvalue weighted by molar-refractivity contribution is -0.134. The van der Waals surface area contributed by atoms with Crippen LogP contribution in [0.1, 0.15) is 24.6 Å². The molecule has 7 nitrogen and oxygen atoms in total. The molecule has 1 aromatic carbocycles. The Morgan fingerprint density at radius 1 is 1.29 bits per heavy atom. The van der Waals surface area contributed by atoms with Gasteiger partial charge in [0, 0.05) is 25.8 Å². The van der Waals surface area contributed by atoms with Gasteiger partial charge in [-0.1, -0.05) is 18.2 Å². The summed E-state index contributed by atoms with van der Waals surface area (Å²) in [5.41, 5.74) is 1.87. The molecular weight excluding hydrogens is 356 g/mol. The number of rotatable bonds is 8. The first-order valence-electron chi connectivity index (χ1n) is 9.56. The van der Waals surface area contributed by atoms with E-state index in [1.165, 1.54) is 0 Å². The smallest absolute Gasteiger partial charge is 0.237 e. The molecule has 1 atom stereocenters. The van der Waals surface area contributed by atoms with Crippen molar-refractivity contribution in [1.82, 2.24) is 20.5 Å². The van der Waals surface area contributed by atoms with Crippen LogP contribution in [0, 0.1) is 0 Å². The van der Waals surface area contributed by atoms with Crippen LogP contribution in [0.3, 0.4) is 0 Å². The molecule has 0 saturated carbocycles. The van der Waals surface area contributed by atoms with Crippen molar-refractivity contribution in [2.45, 2.75) is 32.5 Å². The molecule has 1 fully saturated rings. The molecule has 0 unspecified atom stereocenters. The molecule has 1 aliphatic rings. The average molecular weight is 382 g/mol. The van der Waals surface area contributed by atoms with Gasteiger partial charge in [0.2, 0.25) is 11.8 Å². The number of carbonyl (C=O) groups is 2. The first kappa shape index (κ1) is 19.8. The molecule has 0 spiro atoms. The minimum Gasteiger partial charge on any atom is -0.494 e. The van der Waals surface area contributed by atoms with Crippen molar-refractivity contribution in [3.05, 3.63) is 59.9 Å². The third-order valence-electron chi connectivity index (χ3n) is 4.63. The summed E-state index contributed by atoms with van der Waals surface area (Å²) < 4.78 is 5.47. The summed E-state index contributed by atoms with van der Waals surface area (Å²) >= 11 is 0. The fourth-order valence-electron chi connectivity index (χ4n) is 3.21. The van der Waals surface area contributed by atoms with Crippen LogP contribution in [0.15, 0.2) is 48.7 Å². The SMILES string of the molecule is CCOc1ccc(CN2CCNC(=O)[C@@H]2CC(=O)NCc2ccccn2)cc1. The summed E-state index contributed by atoms with van der Waals surface area (Å²) in [5, 5.41) is 5.71. The minimum atomic E-state index is -0.482. The van der Waals surface area contributed by atoms with E-state index in [1.807, 2.05) is 49.4 Å². The zero-order valence-electron chi connectivity index (χ0n) is 16.1. The van der Waals surface area contributed by atoms with Crippen molar-refractivity contribution in [1.29, 1.82) is 0 Å². The number of nitrogens with one attached hydrogen (secondary N) is 2. The average Bonchev–Trinajstić information content (AvgIpc) is 2.71. The van der Waals surface area contributed by atoms with Gasteiger partial charge in [-0.3, -0.25) is 19.5 Å². The minimum absolute atomic E-state index is 0.106. The molecule has 2 amide bonds. The van der Waals surface area contributed by atoms with Gasteiger partial charge in [-0.2, -0.15) is 0 Å². The highest BCUT2D eigenvalue weighted by Crippen LogP contribution is 2.17. The monoisotopic (exact) mass is 382 g/mol. The van der Waals surface area contributed by atoms with Gasteiger partial charge < -0.3 is 15.4 Å². The number of benzene rings is 1. The Kier molecular flexibility index (Phi) is 6.97. The summed E-state index contributed by atoms with van der Waals surface area (Å²) in [4.78, 5) is 31.0. The Balaban J connectivity index is 1.58. The number of ether oxygens (including phenoxy) is 1. The van der Waals surface area contributed by atoms with E-state index in [2.05, 4.69) is 20.5 Å². The van der Waals surface area contributed by atoms with Gasteiger partial charge in [-0.05, 0) is 36.8 Å². The summed E-state index contributed by atoms with van der Waals surface area (Å²) in [6.07, 6.45) is 1.81. The van der Waals surface area contributed by atoms with E-state index in [9.17, 15) is 9.59 Å². The van der Waals surface area contributed by atoms with Crippen LogP contribution in [-0.2, 0) is 22.7 Å². The van der Waals surface area contributed by atoms with Crippen molar-refractivity contribution in [3.8, 4) is 5.75 Å². The highest BCUT2D eigenvalue weighted by atomic mass is 16.5. The number of pyridine rings is 1. The van der Waals surface area contributed by atoms with Gasteiger partial charge in [0.05, 0.1) is 31.3 Å². The van der Waals surface area contributed by atoms with Gasteiger partial charge >= 0.3 is 0 Å². The van der Waals surface area contributed by atoms with Gasteiger partial charge in [-0.15, -0.1) is 0 Å². The predicted octanol–water partition coefficient (Wildman–Crippen LogP) is 1.49. The second-order valence-electron chi connectivity index (χ2n) is 6.66. The molecule has 0 radical (unpaired) electrons. The fourth-order valence-corrected chi connectivity index (χ4v) is 3.21. The topological polar surface area (TPSA) is 83.6 Å². The van der Waals surface area contributed by atoms with Crippen LogP contribution in [0.2, 0.25) is 0 Å². The Bertz CT molecular complexity index is 780. The number of piperazine rings is 1. The molecule has 0 bridgehead atoms. The molecule has 1 aromatic heterocycles. The van der Waals surface area contributed by atoms with Gasteiger partial charge in [0.1, 0.15) is 5.75 Å². The number of amides is 2. The van der Waals surface area contributed by atoms with E-state index in [1.54, 1.807) is 6.20 Å². The molecule has 7 heteroatoms. The molecule has 2 heterocycles. The molecule has 28 heavy (non-hydrogen) atoms. The van der Waals surface area contributed by atoms with E-state index in [0.717, 1.165) is 17.0 Å². The van der Waals surface area contributed by atoms with Crippen molar-refractivity contribution in [2.75, 3.05) is 19.7 Å². The largest absolute Gasteiger partial charge is 0.494 e. The van der Waals surface area contributed by atoms with Crippen molar-refractivity contribution in [2.24, 2.45) is 0 Å². The van der Waals surface area contributed by atoms with Crippen molar-refractivity contribution in [3.63, 3.8) is 0 Å². The van der Waals surface area contributed by atoms with Crippen LogP contribution in [-0.4, -0.2) is 47.4 Å². The first-order valence-corrected chi connectivity index (χ1v) is 9.56. The van der Waals surface area contributed by atoms with Gasteiger partial charge in [0.15, 0.2) is 0 Å². The standard InChI is InChI=1S/C21H26N4O3/c1-2-28-18-8-6-16(7-9-18)15-25-12-11-23-21(27)19(25)13-20(26)24-14-17-5-3-4-10-22-17/h3-10,19H,2,11-15H2,1H3,(H,23,27)(H,24,26)/t19-/m0/s1.